The van der Waals surface area contributed by atoms with Crippen LogP contribution in [0.2, 0.25) is 0 Å². The number of hydrogen-bond donors (Lipinski definition) is 0. The van der Waals surface area contributed by atoms with E-state index in [-0.39, 0.29) is 5.41 Å². The summed E-state index contributed by atoms with van der Waals surface area (Å²) in [6.07, 6.45) is 11.6. The number of aliphatic imine (C=N–C) groups is 1. The molecule has 228 valence electrons. The highest BCUT2D eigenvalue weighted by Gasteiger charge is 2.36. The highest BCUT2D eigenvalue weighted by atomic mass is 32.1. The Hall–Kier alpha value is -3.27. The van der Waals surface area contributed by atoms with Crippen molar-refractivity contribution in [2.75, 3.05) is 31.7 Å². The van der Waals surface area contributed by atoms with E-state index in [0.717, 1.165) is 54.4 Å². The summed E-state index contributed by atoms with van der Waals surface area (Å²) in [6, 6.07) is 5.83. The van der Waals surface area contributed by atoms with E-state index >= 15 is 0 Å². The van der Waals surface area contributed by atoms with Crippen LogP contribution in [0.5, 0.6) is 11.5 Å². The molecule has 10 heteroatoms. The maximum Gasteiger partial charge on any atom is 0.211 e. The van der Waals surface area contributed by atoms with Crippen molar-refractivity contribution in [1.82, 2.24) is 19.9 Å². The molecular formula is C32H47N7O2S. The highest BCUT2D eigenvalue weighted by Crippen LogP contribution is 2.37. The number of ether oxygens (including phenoxy) is 2. The Balaban J connectivity index is 1.61. The van der Waals surface area contributed by atoms with Crippen molar-refractivity contribution < 1.29 is 9.47 Å². The summed E-state index contributed by atoms with van der Waals surface area (Å²) in [5, 5.41) is 15.9. The average molecular weight is 594 g/mol. The second-order valence-corrected chi connectivity index (χ2v) is 12.7. The van der Waals surface area contributed by atoms with Gasteiger partial charge in [0.1, 0.15) is 22.2 Å². The second-order valence-electron chi connectivity index (χ2n) is 11.7. The van der Waals surface area contributed by atoms with Crippen LogP contribution in [0.4, 0.5) is 10.1 Å². The maximum atomic E-state index is 6.12. The zero-order valence-corrected chi connectivity index (χ0v) is 27.3. The number of benzene rings is 1. The van der Waals surface area contributed by atoms with Gasteiger partial charge in [0.25, 0.3) is 0 Å². The van der Waals surface area contributed by atoms with Crippen LogP contribution in [-0.4, -0.2) is 58.1 Å². The number of hydrogen-bond acceptors (Lipinski definition) is 9. The zero-order valence-electron chi connectivity index (χ0n) is 26.4. The quantitative estimate of drug-likeness (QED) is 0.156. The van der Waals surface area contributed by atoms with Crippen LogP contribution in [0.15, 0.2) is 34.5 Å². The fourth-order valence-electron chi connectivity index (χ4n) is 4.90. The van der Waals surface area contributed by atoms with Gasteiger partial charge in [0.05, 0.1) is 31.2 Å². The monoisotopic (exact) mass is 593 g/mol. The Morgan fingerprint density at radius 1 is 0.952 bits per heavy atom. The summed E-state index contributed by atoms with van der Waals surface area (Å²) in [7, 11) is 1.66. The molecule has 0 bridgehead atoms. The lowest BCUT2D eigenvalue weighted by atomic mass is 9.87. The molecule has 0 radical (unpaired) electrons. The van der Waals surface area contributed by atoms with E-state index in [1.807, 2.05) is 24.4 Å². The Labute approximate surface area is 255 Å². The lowest BCUT2D eigenvalue weighted by Gasteiger charge is -2.19. The Kier molecular flexibility index (Phi) is 11.1. The third-order valence-corrected chi connectivity index (χ3v) is 8.28. The number of methoxy groups -OCH3 is 1. The van der Waals surface area contributed by atoms with E-state index in [1.165, 1.54) is 32.1 Å². The number of nitrogens with zero attached hydrogens (tertiary/aromatic N) is 7. The Bertz CT molecular complexity index is 1370. The van der Waals surface area contributed by atoms with Crippen molar-refractivity contribution in [2.45, 2.75) is 92.9 Å². The SMILES string of the molecule is CCCCCCCCOc1ccc(OC)c(-c2nnc3n2N=C(C(C)(C)C)/C3=N/c2ncc(N(CC)CCCC)s2)c1. The molecule has 0 N–H and O–H groups in total. The van der Waals surface area contributed by atoms with Crippen LogP contribution in [0.25, 0.3) is 11.4 Å². The molecule has 2 aromatic heterocycles. The Morgan fingerprint density at radius 2 is 1.69 bits per heavy atom. The van der Waals surface area contributed by atoms with Crippen LogP contribution in [0, 0.1) is 5.41 Å². The molecule has 9 nitrogen and oxygen atoms in total. The molecule has 0 atom stereocenters. The number of rotatable bonds is 16. The smallest absolute Gasteiger partial charge is 0.211 e. The van der Waals surface area contributed by atoms with Gasteiger partial charge in [-0.1, -0.05) is 84.5 Å². The molecular weight excluding hydrogens is 546 g/mol. The van der Waals surface area contributed by atoms with Crippen LogP contribution < -0.4 is 14.4 Å². The van der Waals surface area contributed by atoms with Crippen molar-refractivity contribution in [3.8, 4) is 22.9 Å². The van der Waals surface area contributed by atoms with Crippen LogP contribution in [0.3, 0.4) is 0 Å². The predicted octanol–water partition coefficient (Wildman–Crippen LogP) is 8.16. The van der Waals surface area contributed by atoms with E-state index in [1.54, 1.807) is 23.1 Å². The van der Waals surface area contributed by atoms with Crippen LogP contribution in [0.1, 0.15) is 98.7 Å². The van der Waals surface area contributed by atoms with Gasteiger partial charge in [-0.05, 0) is 38.0 Å². The van der Waals surface area contributed by atoms with E-state index in [0.29, 0.717) is 34.8 Å². The molecule has 0 saturated heterocycles. The summed E-state index contributed by atoms with van der Waals surface area (Å²) >= 11 is 1.59. The van der Waals surface area contributed by atoms with Crippen molar-refractivity contribution in [2.24, 2.45) is 15.5 Å². The normalized spacial score (nSPS) is 13.9. The molecule has 1 aliphatic rings. The van der Waals surface area contributed by atoms with Gasteiger partial charge < -0.3 is 14.4 Å². The summed E-state index contributed by atoms with van der Waals surface area (Å²) in [6.45, 7) is 15.7. The minimum absolute atomic E-state index is 0.264. The molecule has 0 aliphatic carbocycles. The Morgan fingerprint density at radius 3 is 2.40 bits per heavy atom. The first kappa shape index (κ1) is 31.7. The number of anilines is 1. The topological polar surface area (TPSA) is 90.0 Å². The van der Waals surface area contributed by atoms with E-state index in [2.05, 4.69) is 61.6 Å². The fraction of sp³-hybridized carbons (Fsp3) is 0.594. The minimum atomic E-state index is -0.264. The summed E-state index contributed by atoms with van der Waals surface area (Å²) in [5.41, 5.74) is 2.06. The number of aromatic nitrogens is 4. The van der Waals surface area contributed by atoms with Crippen molar-refractivity contribution in [1.29, 1.82) is 0 Å². The van der Waals surface area contributed by atoms with Gasteiger partial charge in [0.15, 0.2) is 5.82 Å². The molecule has 42 heavy (non-hydrogen) atoms. The largest absolute Gasteiger partial charge is 0.496 e. The molecule has 0 unspecified atom stereocenters. The standard InChI is InChI=1S/C32H47N7O2S/c1-8-11-13-14-15-16-20-41-23-17-18-25(40-7)24(21-23)29-35-36-30-27(28(32(4,5)6)37-39(29)30)34-31-33-22-26(42-31)38(10-3)19-12-9-2/h17-18,21-22H,8-16,19-20H2,1-7H3/b34-27-. The molecule has 4 rings (SSSR count). The zero-order chi connectivity index (χ0) is 30.1. The van der Waals surface area contributed by atoms with Crippen LogP contribution >= 0.6 is 11.3 Å². The first-order valence-electron chi connectivity index (χ1n) is 15.5. The minimum Gasteiger partial charge on any atom is -0.496 e. The first-order chi connectivity index (χ1) is 20.3. The molecule has 3 aromatic rings. The lowest BCUT2D eigenvalue weighted by molar-refractivity contribution is 0.304. The van der Waals surface area contributed by atoms with Gasteiger partial charge in [-0.25, -0.2) is 9.98 Å². The summed E-state index contributed by atoms with van der Waals surface area (Å²) in [5.74, 6) is 2.66. The van der Waals surface area contributed by atoms with Gasteiger partial charge in [-0.15, -0.1) is 10.2 Å². The number of thiazole rings is 1. The van der Waals surface area contributed by atoms with Gasteiger partial charge in [-0.3, -0.25) is 0 Å². The molecule has 1 aliphatic heterocycles. The molecule has 0 saturated carbocycles. The lowest BCUT2D eigenvalue weighted by Crippen LogP contribution is -2.27. The summed E-state index contributed by atoms with van der Waals surface area (Å²) < 4.78 is 13.6. The fourth-order valence-corrected chi connectivity index (χ4v) is 5.78. The second kappa shape index (κ2) is 14.8. The highest BCUT2D eigenvalue weighted by molar-refractivity contribution is 7.19. The molecule has 0 amide bonds. The van der Waals surface area contributed by atoms with Gasteiger partial charge in [0, 0.05) is 18.5 Å². The third-order valence-electron chi connectivity index (χ3n) is 7.33. The molecule has 0 fully saturated rings. The van der Waals surface area contributed by atoms with E-state index in [4.69, 9.17) is 19.6 Å². The number of fused-ring (bicyclic) bond motifs is 1. The van der Waals surface area contributed by atoms with E-state index in [9.17, 15) is 0 Å². The first-order valence-corrected chi connectivity index (χ1v) is 16.3. The van der Waals surface area contributed by atoms with Gasteiger partial charge in [-0.2, -0.15) is 9.78 Å². The molecule has 0 spiro atoms. The van der Waals surface area contributed by atoms with Crippen LogP contribution in [-0.2, 0) is 0 Å². The average Bonchev–Trinajstić information content (AvgIpc) is 3.69. The molecule has 1 aromatic carbocycles. The number of unbranched alkanes of at least 4 members (excludes halogenated alkanes) is 6. The van der Waals surface area contributed by atoms with Crippen molar-refractivity contribution in [3.05, 3.63) is 30.2 Å². The summed E-state index contributed by atoms with van der Waals surface area (Å²) in [4.78, 5) is 12.0. The molecule has 3 heterocycles. The van der Waals surface area contributed by atoms with Gasteiger partial charge >= 0.3 is 0 Å². The van der Waals surface area contributed by atoms with Crippen molar-refractivity contribution >= 4 is 32.9 Å². The van der Waals surface area contributed by atoms with Gasteiger partial charge in [0.2, 0.25) is 11.0 Å². The third kappa shape index (κ3) is 7.56. The van der Waals surface area contributed by atoms with Crippen molar-refractivity contribution in [3.63, 3.8) is 0 Å². The predicted molar refractivity (Wildman–Crippen MR) is 174 cm³/mol. The van der Waals surface area contributed by atoms with E-state index < -0.39 is 0 Å². The maximum absolute atomic E-state index is 6.12.